The van der Waals surface area contributed by atoms with Crippen molar-refractivity contribution < 1.29 is 13.2 Å². The summed E-state index contributed by atoms with van der Waals surface area (Å²) >= 11 is 1.89. The van der Waals surface area contributed by atoms with Gasteiger partial charge in [-0.05, 0) is 31.4 Å². The fraction of sp³-hybridized carbons (Fsp3) is 0.933. The predicted octanol–water partition coefficient (Wildman–Crippen LogP) is 2.48. The van der Waals surface area contributed by atoms with Crippen molar-refractivity contribution in [2.45, 2.75) is 62.4 Å². The van der Waals surface area contributed by atoms with Crippen molar-refractivity contribution in [1.82, 2.24) is 4.90 Å². The van der Waals surface area contributed by atoms with Crippen LogP contribution in [0.1, 0.15) is 51.9 Å². The average molecular weight is 334 g/mol. The van der Waals surface area contributed by atoms with Gasteiger partial charge in [-0.1, -0.05) is 26.2 Å². The first kappa shape index (κ1) is 17.1. The highest BCUT2D eigenvalue weighted by Gasteiger charge is 2.33. The normalized spacial score (nSPS) is 25.0. The molecule has 122 valence electrons. The minimum atomic E-state index is -3.25. The Labute approximate surface area is 133 Å². The number of hydrogen-bond acceptors (Lipinski definition) is 4. The Kier molecular flexibility index (Phi) is 6.41. The van der Waals surface area contributed by atoms with E-state index in [0.717, 1.165) is 63.8 Å². The third-order valence-corrected chi connectivity index (χ3v) is 7.84. The summed E-state index contributed by atoms with van der Waals surface area (Å²) in [5.41, 5.74) is 0. The van der Waals surface area contributed by atoms with E-state index in [4.69, 9.17) is 0 Å². The third-order valence-electron chi connectivity index (χ3n) is 4.52. The van der Waals surface area contributed by atoms with Gasteiger partial charge in [-0.3, -0.25) is 4.79 Å². The van der Waals surface area contributed by atoms with E-state index in [1.54, 1.807) is 4.90 Å². The number of rotatable bonds is 5. The number of carbonyl (C=O) groups is 1. The molecular weight excluding hydrogens is 306 g/mol. The quantitative estimate of drug-likeness (QED) is 0.775. The van der Waals surface area contributed by atoms with E-state index >= 15 is 0 Å². The maximum absolute atomic E-state index is 12.4. The molecule has 1 aliphatic carbocycles. The molecule has 2 fully saturated rings. The predicted molar refractivity (Wildman–Crippen MR) is 88.4 cm³/mol. The van der Waals surface area contributed by atoms with Gasteiger partial charge in [0.05, 0.1) is 5.25 Å². The summed E-state index contributed by atoms with van der Waals surface area (Å²) in [5, 5.41) is 0.199. The van der Waals surface area contributed by atoms with E-state index in [2.05, 4.69) is 6.92 Å². The van der Waals surface area contributed by atoms with Crippen LogP contribution in [0.4, 0.5) is 0 Å². The first-order valence-corrected chi connectivity index (χ1v) is 10.9. The summed E-state index contributed by atoms with van der Waals surface area (Å²) in [6, 6.07) is 0. The number of nitrogens with zero attached hydrogens (tertiary/aromatic N) is 1. The van der Waals surface area contributed by atoms with Gasteiger partial charge >= 0.3 is 0 Å². The molecule has 0 radical (unpaired) electrons. The second-order valence-corrected chi connectivity index (χ2v) is 9.98. The molecular formula is C15H27NO3S2. The van der Waals surface area contributed by atoms with Crippen LogP contribution >= 0.6 is 11.8 Å². The van der Waals surface area contributed by atoms with Crippen LogP contribution in [-0.4, -0.2) is 54.3 Å². The number of carbonyl (C=O) groups excluding carboxylic acids is 1. The molecule has 2 rings (SSSR count). The van der Waals surface area contributed by atoms with Crippen molar-refractivity contribution in [1.29, 1.82) is 0 Å². The highest BCUT2D eigenvalue weighted by atomic mass is 32.2. The fourth-order valence-corrected chi connectivity index (χ4v) is 6.23. The zero-order chi connectivity index (χ0) is 15.3. The van der Waals surface area contributed by atoms with Gasteiger partial charge in [0.2, 0.25) is 5.91 Å². The molecule has 0 aromatic heterocycles. The van der Waals surface area contributed by atoms with Crippen LogP contribution in [0.5, 0.6) is 0 Å². The second-order valence-electron chi connectivity index (χ2n) is 6.13. The average Bonchev–Trinajstić information content (AvgIpc) is 2.87. The summed E-state index contributed by atoms with van der Waals surface area (Å²) in [6.45, 7) is 3.57. The van der Waals surface area contributed by atoms with Gasteiger partial charge < -0.3 is 4.90 Å². The van der Waals surface area contributed by atoms with Crippen molar-refractivity contribution in [2.24, 2.45) is 0 Å². The first-order valence-electron chi connectivity index (χ1n) is 8.14. The van der Waals surface area contributed by atoms with Gasteiger partial charge in [0, 0.05) is 18.3 Å². The highest BCUT2D eigenvalue weighted by molar-refractivity contribution is 7.99. The van der Waals surface area contributed by atoms with Gasteiger partial charge in [-0.25, -0.2) is 8.42 Å². The summed E-state index contributed by atoms with van der Waals surface area (Å²) < 4.78 is 24.7. The lowest BCUT2D eigenvalue weighted by molar-refractivity contribution is -0.128. The maximum Gasteiger partial charge on any atom is 0.237 e. The van der Waals surface area contributed by atoms with E-state index in [1.807, 2.05) is 11.8 Å². The van der Waals surface area contributed by atoms with Gasteiger partial charge in [-0.15, -0.1) is 0 Å². The van der Waals surface area contributed by atoms with Crippen LogP contribution in [0.15, 0.2) is 0 Å². The van der Waals surface area contributed by atoms with Gasteiger partial charge in [0.15, 0.2) is 9.84 Å². The molecule has 1 heterocycles. The minimum absolute atomic E-state index is 0.175. The number of sulfone groups is 1. The number of thioether (sulfide) groups is 1. The lowest BCUT2D eigenvalue weighted by atomic mass is 10.2. The fourth-order valence-electron chi connectivity index (χ4n) is 3.33. The van der Waals surface area contributed by atoms with Crippen molar-refractivity contribution in [2.75, 3.05) is 24.6 Å². The summed E-state index contributed by atoms with van der Waals surface area (Å²) in [5.74, 6) is 0.597. The van der Waals surface area contributed by atoms with Crippen LogP contribution < -0.4 is 0 Å². The van der Waals surface area contributed by atoms with E-state index in [9.17, 15) is 13.2 Å². The Hall–Kier alpha value is -0.230. The molecule has 0 aromatic rings. The molecule has 0 aromatic carbocycles. The van der Waals surface area contributed by atoms with Crippen molar-refractivity contribution in [3.8, 4) is 0 Å². The molecule has 0 N–H and O–H groups in total. The minimum Gasteiger partial charge on any atom is -0.341 e. The zero-order valence-corrected chi connectivity index (χ0v) is 14.6. The summed E-state index contributed by atoms with van der Waals surface area (Å²) in [7, 11) is -3.25. The Balaban J connectivity index is 1.94. The van der Waals surface area contributed by atoms with Crippen molar-refractivity contribution >= 4 is 27.5 Å². The molecule has 21 heavy (non-hydrogen) atoms. The molecule has 6 heteroatoms. The first-order chi connectivity index (χ1) is 10.0. The maximum atomic E-state index is 12.4. The molecule has 1 unspecified atom stereocenters. The number of amides is 1. The van der Waals surface area contributed by atoms with Crippen LogP contribution in [0.25, 0.3) is 0 Å². The Morgan fingerprint density at radius 2 is 1.81 bits per heavy atom. The lowest BCUT2D eigenvalue weighted by Crippen LogP contribution is -2.40. The highest BCUT2D eigenvalue weighted by Crippen LogP contribution is 2.26. The van der Waals surface area contributed by atoms with Crippen LogP contribution in [0.3, 0.4) is 0 Å². The molecule has 1 amide bonds. The Morgan fingerprint density at radius 3 is 2.48 bits per heavy atom. The zero-order valence-electron chi connectivity index (χ0n) is 12.9. The van der Waals surface area contributed by atoms with E-state index < -0.39 is 9.84 Å². The molecule has 4 nitrogen and oxygen atoms in total. The molecule has 1 saturated heterocycles. The summed E-state index contributed by atoms with van der Waals surface area (Å²) in [6.07, 6.45) is 6.71. The van der Waals surface area contributed by atoms with Gasteiger partial charge in [0.25, 0.3) is 0 Å². The smallest absolute Gasteiger partial charge is 0.237 e. The van der Waals surface area contributed by atoms with Crippen LogP contribution in [0, 0.1) is 0 Å². The molecule has 1 saturated carbocycles. The molecule has 1 atom stereocenters. The van der Waals surface area contributed by atoms with Gasteiger partial charge in [0.1, 0.15) is 5.75 Å². The van der Waals surface area contributed by atoms with Crippen molar-refractivity contribution in [3.05, 3.63) is 0 Å². The molecule has 2 aliphatic rings. The van der Waals surface area contributed by atoms with Gasteiger partial charge in [-0.2, -0.15) is 11.8 Å². The monoisotopic (exact) mass is 333 g/mol. The standard InChI is InChI=1S/C15H27NO3S2/c1-2-20-13-7-5-6-10-16(11-13)15(17)12-21(18,19)14-8-3-4-9-14/h13-14H,2-12H2,1H3. The largest absolute Gasteiger partial charge is 0.341 e. The molecule has 0 spiro atoms. The SMILES string of the molecule is CCSC1CCCCN(C(=O)CS(=O)(=O)C2CCCC2)C1. The van der Waals surface area contributed by atoms with Crippen molar-refractivity contribution in [3.63, 3.8) is 0 Å². The van der Waals surface area contributed by atoms with Crippen LogP contribution in [-0.2, 0) is 14.6 Å². The van der Waals surface area contributed by atoms with E-state index in [-0.39, 0.29) is 16.9 Å². The molecule has 0 bridgehead atoms. The molecule has 1 aliphatic heterocycles. The summed E-state index contributed by atoms with van der Waals surface area (Å²) in [4.78, 5) is 14.2. The van der Waals surface area contributed by atoms with E-state index in [1.165, 1.54) is 0 Å². The van der Waals surface area contributed by atoms with E-state index in [0.29, 0.717) is 5.25 Å². The number of hydrogen-bond donors (Lipinski definition) is 0. The Morgan fingerprint density at radius 1 is 1.14 bits per heavy atom. The number of likely N-dealkylation sites (tertiary alicyclic amines) is 1. The topological polar surface area (TPSA) is 54.5 Å². The second kappa shape index (κ2) is 7.86. The third kappa shape index (κ3) is 4.88. The Bertz CT molecular complexity index is 444. The van der Waals surface area contributed by atoms with Crippen LogP contribution in [0.2, 0.25) is 0 Å². The lowest BCUT2D eigenvalue weighted by Gasteiger charge is -2.24.